The normalized spacial score (nSPS) is 18.5. The molecule has 0 radical (unpaired) electrons. The van der Waals surface area contributed by atoms with Crippen LogP contribution in [0.3, 0.4) is 0 Å². The third kappa shape index (κ3) is 10.0. The van der Waals surface area contributed by atoms with Crippen molar-refractivity contribution in [3.63, 3.8) is 0 Å². The first-order chi connectivity index (χ1) is 31.2. The number of amides is 4. The average molecular weight is 945 g/mol. The van der Waals surface area contributed by atoms with E-state index in [9.17, 15) is 28.8 Å². The number of nitrogen functional groups attached to an aromatic ring is 1. The van der Waals surface area contributed by atoms with E-state index in [1.807, 2.05) is 47.2 Å². The minimum absolute atomic E-state index is 0.0595. The minimum atomic E-state index is -1.24. The average Bonchev–Trinajstić information content (AvgIpc) is 3.91. The number of carboxylic acid groups (broad SMARTS) is 2. The molecule has 1 atom stereocenters. The summed E-state index contributed by atoms with van der Waals surface area (Å²) in [7, 11) is 1.72. The molecule has 9 rings (SSSR count). The number of imide groups is 1. The van der Waals surface area contributed by atoms with Gasteiger partial charge in [-0.1, -0.05) is 60.3 Å². The second kappa shape index (κ2) is 19.3. The molecule has 5 aromatic rings. The van der Waals surface area contributed by atoms with Crippen LogP contribution in [-0.2, 0) is 27.2 Å². The number of carbonyl (C=O) groups is 5. The van der Waals surface area contributed by atoms with Gasteiger partial charge < -0.3 is 30.9 Å². The third-order valence-electron chi connectivity index (χ3n) is 12.6. The van der Waals surface area contributed by atoms with E-state index in [-0.39, 0.29) is 45.6 Å². The fourth-order valence-corrected chi connectivity index (χ4v) is 11.6. The monoisotopic (exact) mass is 943 g/mol. The number of aliphatic carboxylic acids is 1. The summed E-state index contributed by atoms with van der Waals surface area (Å²) in [5.41, 5.74) is 11.7. The van der Waals surface area contributed by atoms with Crippen LogP contribution in [0.4, 0.5) is 16.2 Å². The van der Waals surface area contributed by atoms with E-state index in [0.29, 0.717) is 46.7 Å². The zero-order valence-electron chi connectivity index (χ0n) is 35.7. The Morgan fingerprint density at radius 1 is 0.954 bits per heavy atom. The Bertz CT molecular complexity index is 2720. The Balaban J connectivity index is 0.000000230. The number of anilines is 2. The van der Waals surface area contributed by atoms with Crippen LogP contribution in [0.15, 0.2) is 71.5 Å². The van der Waals surface area contributed by atoms with Gasteiger partial charge in [0, 0.05) is 55.8 Å². The number of halogens is 1. The molecular formula is C46H50ClN7O9S2. The van der Waals surface area contributed by atoms with Crippen molar-refractivity contribution < 1.29 is 38.9 Å². The standard InChI is InChI=1S/C33H40N6O4S.C13H10ClNO5S/c1-36-28-20-24(7-8-26(28)39(32(36)43)27-9-10-29(40)35-30(27)41)23-11-17-37(18-12-23)31(42)34-25-6-4-5-22(19-25)21-44-38-16-3-2-13-33(38)14-15-33;14-9-10(20-5-8(16)17)12(13(18)19)21-11(9)6-2-1-3-7(15)4-6/h4-8,19-20,23,27H,2-3,9-18,21H2,1H3,(H,34,42)(H,35,40,41);1-4H,5,15H2,(H,16,17)(H,18,19). The number of thiophene rings is 1. The van der Waals surface area contributed by atoms with Crippen LogP contribution in [0, 0.1) is 0 Å². The van der Waals surface area contributed by atoms with Gasteiger partial charge in [-0.05, 0) is 104 Å². The summed E-state index contributed by atoms with van der Waals surface area (Å²) < 4.78 is 10.7. The topological polar surface area (TPSA) is 219 Å². The fourth-order valence-electron chi connectivity index (χ4n) is 8.96. The van der Waals surface area contributed by atoms with Crippen molar-refractivity contribution in [2.45, 2.75) is 81.0 Å². The second-order valence-corrected chi connectivity index (χ2v) is 19.3. The highest BCUT2D eigenvalue weighted by molar-refractivity contribution is 7.96. The van der Waals surface area contributed by atoms with Crippen LogP contribution in [0.2, 0.25) is 5.02 Å². The lowest BCUT2D eigenvalue weighted by atomic mass is 9.89. The van der Waals surface area contributed by atoms with Gasteiger partial charge >= 0.3 is 23.7 Å². The first-order valence-corrected chi connectivity index (χ1v) is 23.7. The maximum atomic E-state index is 13.2. The molecule has 19 heteroatoms. The summed E-state index contributed by atoms with van der Waals surface area (Å²) in [4.78, 5) is 74.4. The molecule has 4 fully saturated rings. The summed E-state index contributed by atoms with van der Waals surface area (Å²) >= 11 is 8.98. The summed E-state index contributed by atoms with van der Waals surface area (Å²) in [5.74, 6) is -2.15. The molecule has 3 aromatic carbocycles. The van der Waals surface area contributed by atoms with Crippen molar-refractivity contribution in [3.05, 3.63) is 98.2 Å². The number of carboxylic acids is 2. The van der Waals surface area contributed by atoms with E-state index in [1.165, 1.54) is 48.8 Å². The largest absolute Gasteiger partial charge is 0.479 e. The van der Waals surface area contributed by atoms with Crippen molar-refractivity contribution in [3.8, 4) is 16.2 Å². The van der Waals surface area contributed by atoms with Gasteiger partial charge in [-0.3, -0.25) is 24.0 Å². The number of aromatic carboxylic acids is 1. The SMILES string of the molecule is Cn1c(=O)n(C2CCC(=O)NC2=O)c2ccc(C3CCN(C(=O)Nc4cccc(CSN5CCCCC56CC6)c4)CC3)cc21.Nc1cccc(-c2sc(C(=O)O)c(OCC(=O)O)c2Cl)c1. The number of aryl methyl sites for hydroxylation is 1. The molecule has 6 N–H and O–H groups in total. The van der Waals surface area contributed by atoms with Gasteiger partial charge in [0.2, 0.25) is 11.8 Å². The Kier molecular flexibility index (Phi) is 13.6. The Hall–Kier alpha value is -5.82. The molecule has 0 bridgehead atoms. The zero-order chi connectivity index (χ0) is 46.0. The number of ether oxygens (including phenoxy) is 1. The molecule has 3 aliphatic heterocycles. The highest BCUT2D eigenvalue weighted by Crippen LogP contribution is 2.51. The van der Waals surface area contributed by atoms with Gasteiger partial charge in [0.05, 0.1) is 15.9 Å². The number of aromatic nitrogens is 2. The third-order valence-corrected chi connectivity index (χ3v) is 15.6. The molecule has 342 valence electrons. The van der Waals surface area contributed by atoms with E-state index in [4.69, 9.17) is 32.3 Å². The lowest BCUT2D eigenvalue weighted by molar-refractivity contribution is -0.139. The highest BCUT2D eigenvalue weighted by atomic mass is 35.5. The van der Waals surface area contributed by atoms with E-state index >= 15 is 0 Å². The number of rotatable bonds is 11. The highest BCUT2D eigenvalue weighted by Gasteiger charge is 2.49. The lowest BCUT2D eigenvalue weighted by Crippen LogP contribution is -2.44. The van der Waals surface area contributed by atoms with E-state index in [1.54, 1.807) is 35.9 Å². The number of urea groups is 1. The molecule has 65 heavy (non-hydrogen) atoms. The lowest BCUT2D eigenvalue weighted by Gasteiger charge is -2.35. The number of likely N-dealkylation sites (tertiary alicyclic amines) is 1. The maximum Gasteiger partial charge on any atom is 0.349 e. The van der Waals surface area contributed by atoms with Crippen LogP contribution < -0.4 is 26.8 Å². The fraction of sp³-hybridized carbons (Fsp3) is 0.391. The number of hydrogen-bond acceptors (Lipinski definition) is 11. The number of nitrogens with zero attached hydrogens (tertiary/aromatic N) is 4. The van der Waals surface area contributed by atoms with Crippen molar-refractivity contribution in [1.82, 2.24) is 23.7 Å². The Morgan fingerprint density at radius 2 is 1.72 bits per heavy atom. The maximum absolute atomic E-state index is 13.2. The van der Waals surface area contributed by atoms with Crippen LogP contribution in [-0.4, -0.2) is 90.1 Å². The van der Waals surface area contributed by atoms with Gasteiger partial charge in [0.1, 0.15) is 11.1 Å². The smallest absolute Gasteiger partial charge is 0.349 e. The minimum Gasteiger partial charge on any atom is -0.479 e. The number of nitrogens with two attached hydrogens (primary N) is 1. The number of benzene rings is 3. The van der Waals surface area contributed by atoms with Crippen molar-refractivity contribution in [2.24, 2.45) is 7.05 Å². The predicted octanol–water partition coefficient (Wildman–Crippen LogP) is 7.71. The van der Waals surface area contributed by atoms with Crippen molar-refractivity contribution in [1.29, 1.82) is 0 Å². The molecular weight excluding hydrogens is 894 g/mol. The number of hydrogen-bond donors (Lipinski definition) is 5. The number of carbonyl (C=O) groups excluding carboxylic acids is 3. The number of fused-ring (bicyclic) bond motifs is 1. The first-order valence-electron chi connectivity index (χ1n) is 21.6. The molecule has 5 heterocycles. The second-order valence-electron chi connectivity index (χ2n) is 16.9. The molecule has 1 aliphatic carbocycles. The zero-order valence-corrected chi connectivity index (χ0v) is 38.1. The van der Waals surface area contributed by atoms with Gasteiger partial charge in [-0.2, -0.15) is 0 Å². The van der Waals surface area contributed by atoms with Gasteiger partial charge in [0.25, 0.3) is 0 Å². The molecule has 1 spiro atoms. The van der Waals surface area contributed by atoms with Crippen LogP contribution in [0.25, 0.3) is 21.5 Å². The van der Waals surface area contributed by atoms with Crippen molar-refractivity contribution in [2.75, 3.05) is 37.3 Å². The summed E-state index contributed by atoms with van der Waals surface area (Å²) in [6, 6.07) is 20.2. The molecule has 16 nitrogen and oxygen atoms in total. The molecule has 3 saturated heterocycles. The number of nitrogens with one attached hydrogen (secondary N) is 2. The Labute approximate surface area is 387 Å². The number of piperidine rings is 3. The van der Waals surface area contributed by atoms with Crippen LogP contribution in [0.1, 0.15) is 90.5 Å². The van der Waals surface area contributed by atoms with Crippen LogP contribution in [0.5, 0.6) is 5.75 Å². The molecule has 4 amide bonds. The molecule has 4 aliphatic rings. The molecule has 2 aromatic heterocycles. The van der Waals surface area contributed by atoms with Crippen LogP contribution >= 0.6 is 34.9 Å². The first kappa shape index (κ1) is 45.7. The van der Waals surface area contributed by atoms with E-state index < -0.39 is 30.5 Å². The quantitative estimate of drug-likeness (QED) is 0.0489. The Morgan fingerprint density at radius 3 is 2.43 bits per heavy atom. The van der Waals surface area contributed by atoms with Gasteiger partial charge in [-0.25, -0.2) is 23.5 Å². The van der Waals surface area contributed by atoms with Gasteiger partial charge in [0.15, 0.2) is 17.2 Å². The van der Waals surface area contributed by atoms with Gasteiger partial charge in [-0.15, -0.1) is 11.3 Å². The summed E-state index contributed by atoms with van der Waals surface area (Å²) in [6.45, 7) is 1.81. The molecule has 1 saturated carbocycles. The predicted molar refractivity (Wildman–Crippen MR) is 251 cm³/mol. The summed E-state index contributed by atoms with van der Waals surface area (Å²) in [6.07, 6.45) is 8.82. The molecule has 1 unspecified atom stereocenters. The summed E-state index contributed by atoms with van der Waals surface area (Å²) in [5, 5.41) is 23.3. The van der Waals surface area contributed by atoms with Crippen molar-refractivity contribution >= 4 is 87.1 Å². The van der Waals surface area contributed by atoms with E-state index in [2.05, 4.69) is 27.1 Å². The number of imidazole rings is 1. The van der Waals surface area contributed by atoms with E-state index in [0.717, 1.165) is 46.7 Å².